The van der Waals surface area contributed by atoms with E-state index >= 15 is 0 Å². The van der Waals surface area contributed by atoms with Crippen LogP contribution in [0.2, 0.25) is 0 Å². The molecule has 0 aliphatic carbocycles. The number of hydrogen-bond acceptors (Lipinski definition) is 16. The molecule has 5 aromatic rings. The molecule has 0 spiro atoms. The van der Waals surface area contributed by atoms with Gasteiger partial charge in [0, 0.05) is 101 Å². The summed E-state index contributed by atoms with van der Waals surface area (Å²) in [5.41, 5.74) is 13.6. The number of pyridine rings is 1. The highest BCUT2D eigenvalue weighted by atomic mass is 32.1. The van der Waals surface area contributed by atoms with Gasteiger partial charge in [-0.2, -0.15) is 0 Å². The quantitative estimate of drug-likeness (QED) is 0.100. The fraction of sp³-hybridized carbons (Fsp3) is 0.471. The number of aryl methyl sites for hydroxylation is 1. The van der Waals surface area contributed by atoms with Crippen molar-refractivity contribution in [2.24, 2.45) is 5.41 Å². The number of aliphatic hydroxyl groups excluding tert-OH is 1. The van der Waals surface area contributed by atoms with E-state index in [0.717, 1.165) is 72.1 Å². The highest BCUT2D eigenvalue weighted by molar-refractivity contribution is 7.13. The van der Waals surface area contributed by atoms with E-state index in [1.807, 2.05) is 87.8 Å². The topological polar surface area (TPSA) is 219 Å². The van der Waals surface area contributed by atoms with Crippen LogP contribution in [0.4, 0.5) is 17.2 Å². The Morgan fingerprint density at radius 2 is 1.66 bits per heavy atom. The number of β-amino-alcohol motifs (C(OH)–C–C–N with tert-alkyl or cyclic N) is 1. The van der Waals surface area contributed by atoms with Crippen LogP contribution in [-0.4, -0.2) is 159 Å². The van der Waals surface area contributed by atoms with Gasteiger partial charge in [0.15, 0.2) is 5.82 Å². The van der Waals surface area contributed by atoms with E-state index < -0.39 is 23.6 Å². The molecule has 2 bridgehead atoms. The summed E-state index contributed by atoms with van der Waals surface area (Å²) in [5.74, 6) is 0.102. The number of anilines is 3. The van der Waals surface area contributed by atoms with Crippen molar-refractivity contribution in [2.45, 2.75) is 83.8 Å². The number of amides is 3. The third kappa shape index (κ3) is 11.0. The highest BCUT2D eigenvalue weighted by Crippen LogP contribution is 2.40. The Balaban J connectivity index is 0.722. The van der Waals surface area contributed by atoms with Gasteiger partial charge in [0.2, 0.25) is 23.6 Å². The molecule has 18 nitrogen and oxygen atoms in total. The second-order valence-corrected chi connectivity index (χ2v) is 20.8. The third-order valence-electron chi connectivity index (χ3n) is 14.0. The number of phenolic OH excluding ortho intramolecular Hbond substituents is 1. The van der Waals surface area contributed by atoms with E-state index in [0.29, 0.717) is 49.2 Å². The number of para-hydroxylation sites is 1. The van der Waals surface area contributed by atoms with Crippen LogP contribution < -0.4 is 30.9 Å². The number of likely N-dealkylation sites (tertiary alicyclic amines) is 1. The third-order valence-corrected chi connectivity index (χ3v) is 15.0. The maximum absolute atomic E-state index is 14.2. The molecular weight excluding hydrogens is 909 g/mol. The largest absolute Gasteiger partial charge is 0.507 e. The fourth-order valence-corrected chi connectivity index (χ4v) is 11.1. The van der Waals surface area contributed by atoms with Gasteiger partial charge in [-0.1, -0.05) is 57.2 Å². The summed E-state index contributed by atoms with van der Waals surface area (Å²) in [4.78, 5) is 61.9. The molecule has 0 saturated carbocycles. The molecule has 4 aliphatic heterocycles. The molecule has 0 unspecified atom stereocenters. The lowest BCUT2D eigenvalue weighted by atomic mass is 9.85. The van der Waals surface area contributed by atoms with E-state index in [2.05, 4.69) is 50.4 Å². The van der Waals surface area contributed by atoms with E-state index in [1.54, 1.807) is 29.7 Å². The Bertz CT molecular complexity index is 2640. The summed E-state index contributed by atoms with van der Waals surface area (Å²) in [6, 6.07) is 19.8. The first kappa shape index (κ1) is 48.6. The lowest BCUT2D eigenvalue weighted by molar-refractivity contribution is -0.144. The monoisotopic (exact) mass is 972 g/mol. The number of carbonyl (C=O) groups excluding carboxylic acids is 3. The standard InChI is InChI=1S/C51H64N12O6S/c1-32-46(70-31-55-32)34-11-9-33(10-12-34)26-54-49(67)42-24-38(64)29-62(42)50(68)47(51(2,3)4)56-44(66)30-60-19-17-59(18-20-60)21-22-69-45-23-35(15-16-53-45)63-36-13-14-37(63)28-61(27-36)41-25-40(57-58-48(41)52)39-7-5-6-8-43(39)65/h5-12,15-16,23,25,31,36-38,42,47,64-65H,13-14,17-22,24,26-30H2,1-4H3,(H2,52,58)(H,54,67)(H,56,66)/t36-,37+,38-,42+,47-/m1/s1. The van der Waals surface area contributed by atoms with Crippen molar-refractivity contribution in [1.82, 2.24) is 45.5 Å². The Morgan fingerprint density at radius 3 is 2.36 bits per heavy atom. The molecular formula is C51H64N12O6S. The fourth-order valence-electron chi connectivity index (χ4n) is 10.3. The Kier molecular flexibility index (Phi) is 14.5. The van der Waals surface area contributed by atoms with Crippen molar-refractivity contribution in [3.63, 3.8) is 0 Å². The average molecular weight is 973 g/mol. The molecule has 9 rings (SSSR count). The summed E-state index contributed by atoms with van der Waals surface area (Å²) in [5, 5.41) is 35.6. The Hall–Kier alpha value is -6.41. The smallest absolute Gasteiger partial charge is 0.246 e. The Morgan fingerprint density at radius 1 is 0.929 bits per heavy atom. The minimum absolute atomic E-state index is 0.0147. The number of aliphatic hydroxyl groups is 1. The van der Waals surface area contributed by atoms with Crippen LogP contribution in [0.1, 0.15) is 51.3 Å². The molecule has 4 aliphatic rings. The lowest BCUT2D eigenvalue weighted by Gasteiger charge is -2.43. The molecule has 3 aromatic heterocycles. The zero-order chi connectivity index (χ0) is 49.1. The molecule has 370 valence electrons. The number of hydrogen-bond donors (Lipinski definition) is 5. The summed E-state index contributed by atoms with van der Waals surface area (Å²) in [7, 11) is 0. The molecule has 5 atom stereocenters. The van der Waals surface area contributed by atoms with E-state index in [9.17, 15) is 24.6 Å². The van der Waals surface area contributed by atoms with Crippen molar-refractivity contribution in [3.8, 4) is 33.3 Å². The second kappa shape index (κ2) is 20.9. The van der Waals surface area contributed by atoms with Crippen LogP contribution in [0.3, 0.4) is 0 Å². The molecule has 0 radical (unpaired) electrons. The van der Waals surface area contributed by atoms with Gasteiger partial charge in [-0.05, 0) is 60.6 Å². The highest BCUT2D eigenvalue weighted by Gasteiger charge is 2.45. The number of piperazine rings is 2. The van der Waals surface area contributed by atoms with Crippen LogP contribution in [-0.2, 0) is 20.9 Å². The summed E-state index contributed by atoms with van der Waals surface area (Å²) >= 11 is 1.58. The predicted molar refractivity (Wildman–Crippen MR) is 269 cm³/mol. The molecule has 4 saturated heterocycles. The molecule has 70 heavy (non-hydrogen) atoms. The van der Waals surface area contributed by atoms with Crippen molar-refractivity contribution in [3.05, 3.63) is 89.7 Å². The number of nitrogens with zero attached hydrogens (tertiary/aromatic N) is 9. The van der Waals surface area contributed by atoms with Crippen molar-refractivity contribution in [1.29, 1.82) is 0 Å². The van der Waals surface area contributed by atoms with Gasteiger partial charge in [-0.15, -0.1) is 21.5 Å². The van der Waals surface area contributed by atoms with Gasteiger partial charge < -0.3 is 46.0 Å². The van der Waals surface area contributed by atoms with Crippen LogP contribution in [0, 0.1) is 12.3 Å². The predicted octanol–water partition coefficient (Wildman–Crippen LogP) is 3.92. The number of thiazole rings is 1. The van der Waals surface area contributed by atoms with Gasteiger partial charge in [-0.25, -0.2) is 9.97 Å². The number of rotatable bonds is 15. The van der Waals surface area contributed by atoms with Crippen LogP contribution in [0.15, 0.2) is 78.4 Å². The average Bonchev–Trinajstić information content (AvgIpc) is 4.04. The number of nitrogen functional groups attached to an aromatic ring is 1. The van der Waals surface area contributed by atoms with Gasteiger partial charge in [0.05, 0.1) is 40.1 Å². The summed E-state index contributed by atoms with van der Waals surface area (Å²) < 4.78 is 6.22. The van der Waals surface area contributed by atoms with Crippen LogP contribution in [0.5, 0.6) is 11.6 Å². The number of aromatic nitrogens is 4. The number of benzene rings is 2. The number of nitrogens with two attached hydrogens (primary N) is 1. The van der Waals surface area contributed by atoms with Gasteiger partial charge in [0.1, 0.15) is 24.4 Å². The first-order valence-electron chi connectivity index (χ1n) is 24.2. The first-order valence-corrected chi connectivity index (χ1v) is 25.1. The maximum atomic E-state index is 14.2. The number of aromatic hydroxyl groups is 1. The van der Waals surface area contributed by atoms with Crippen molar-refractivity contribution in [2.75, 3.05) is 81.0 Å². The van der Waals surface area contributed by atoms with E-state index in [4.69, 9.17) is 10.5 Å². The minimum atomic E-state index is -0.900. The van der Waals surface area contributed by atoms with Gasteiger partial charge >= 0.3 is 0 Å². The normalized spacial score (nSPS) is 21.2. The summed E-state index contributed by atoms with van der Waals surface area (Å²) in [6.45, 7) is 13.6. The van der Waals surface area contributed by atoms with Crippen molar-refractivity contribution < 1.29 is 29.3 Å². The van der Waals surface area contributed by atoms with E-state index in [-0.39, 0.29) is 61.6 Å². The number of fused-ring (bicyclic) bond motifs is 2. The second-order valence-electron chi connectivity index (χ2n) is 20.0. The molecule has 7 heterocycles. The van der Waals surface area contributed by atoms with Gasteiger partial charge in [0.25, 0.3) is 0 Å². The minimum Gasteiger partial charge on any atom is -0.507 e. The molecule has 2 aromatic carbocycles. The number of nitrogens with one attached hydrogen (secondary N) is 2. The molecule has 3 amide bonds. The molecule has 19 heteroatoms. The molecule has 4 fully saturated rings. The maximum Gasteiger partial charge on any atom is 0.246 e. The van der Waals surface area contributed by atoms with Crippen molar-refractivity contribution >= 4 is 46.3 Å². The van der Waals surface area contributed by atoms with E-state index in [1.165, 1.54) is 4.90 Å². The molecule has 6 N–H and O–H groups in total. The SMILES string of the molecule is Cc1ncsc1-c1ccc(CNC(=O)[C@@H]2C[C@@H](O)CN2C(=O)[C@@H](NC(=O)CN2CCN(CCOc3cc(N4[C@@H]5CC[C@H]4CN(c4cc(-c6ccccc6O)nnc4N)C5)ccn3)CC2)C(C)(C)C)cc1. The number of phenols is 1. The zero-order valence-electron chi connectivity index (χ0n) is 40.3. The number of ether oxygens (including phenoxy) is 1. The summed E-state index contributed by atoms with van der Waals surface area (Å²) in [6.07, 6.45) is 3.17. The van der Waals surface area contributed by atoms with Crippen LogP contribution in [0.25, 0.3) is 21.7 Å². The van der Waals surface area contributed by atoms with Crippen LogP contribution >= 0.6 is 11.3 Å². The van der Waals surface area contributed by atoms with Gasteiger partial charge in [-0.3, -0.25) is 24.2 Å². The Labute approximate surface area is 412 Å². The first-order chi connectivity index (χ1) is 33.7. The zero-order valence-corrected chi connectivity index (χ0v) is 41.1. The lowest BCUT2D eigenvalue weighted by Crippen LogP contribution is -2.59. The number of carbonyl (C=O) groups is 3.